The number of hydrogen-bond donors (Lipinski definition) is 2. The fourth-order valence-corrected chi connectivity index (χ4v) is 3.15. The summed E-state index contributed by atoms with van der Waals surface area (Å²) in [6, 6.07) is 15.6. The van der Waals surface area contributed by atoms with Gasteiger partial charge in [-0.05, 0) is 54.8 Å². The third-order valence-corrected chi connectivity index (χ3v) is 5.02. The van der Waals surface area contributed by atoms with Gasteiger partial charge in [0.25, 0.3) is 0 Å². The maximum atomic E-state index is 5.38. The Kier molecular flexibility index (Phi) is 11.5. The molecule has 0 aliphatic carbocycles. The molecule has 2 aromatic carbocycles. The molecule has 33 heavy (non-hydrogen) atoms. The van der Waals surface area contributed by atoms with Gasteiger partial charge in [-0.2, -0.15) is 4.98 Å². The van der Waals surface area contributed by atoms with E-state index in [4.69, 9.17) is 14.0 Å². The van der Waals surface area contributed by atoms with Gasteiger partial charge in [0.2, 0.25) is 11.7 Å². The average Bonchev–Trinajstić information content (AvgIpc) is 3.32. The number of benzene rings is 2. The molecule has 1 heterocycles. The Labute approximate surface area is 212 Å². The van der Waals surface area contributed by atoms with E-state index in [0.717, 1.165) is 55.3 Å². The van der Waals surface area contributed by atoms with Gasteiger partial charge in [-0.25, -0.2) is 0 Å². The summed E-state index contributed by atoms with van der Waals surface area (Å²) in [6.45, 7) is 1.56. The van der Waals surface area contributed by atoms with E-state index in [1.54, 1.807) is 21.3 Å². The third-order valence-electron chi connectivity index (χ3n) is 5.02. The van der Waals surface area contributed by atoms with Crippen LogP contribution in [0.3, 0.4) is 0 Å². The topological polar surface area (TPSA) is 93.8 Å². The summed E-state index contributed by atoms with van der Waals surface area (Å²) in [7, 11) is 5.09. The number of unbranched alkanes of at least 4 members (excludes halogenated alkanes) is 2. The molecule has 0 amide bonds. The van der Waals surface area contributed by atoms with Crippen LogP contribution in [0.25, 0.3) is 11.4 Å². The first-order chi connectivity index (χ1) is 15.7. The van der Waals surface area contributed by atoms with E-state index >= 15 is 0 Å². The van der Waals surface area contributed by atoms with Crippen LogP contribution in [0, 0.1) is 0 Å². The summed E-state index contributed by atoms with van der Waals surface area (Å²) < 4.78 is 15.7. The highest BCUT2D eigenvalue weighted by Crippen LogP contribution is 2.20. The highest BCUT2D eigenvalue weighted by molar-refractivity contribution is 14.0. The van der Waals surface area contributed by atoms with Crippen molar-refractivity contribution in [1.82, 2.24) is 20.8 Å². The highest BCUT2D eigenvalue weighted by atomic mass is 127. The lowest BCUT2D eigenvalue weighted by atomic mass is 10.2. The monoisotopic (exact) mass is 565 g/mol. The van der Waals surface area contributed by atoms with Gasteiger partial charge < -0.3 is 24.6 Å². The molecule has 1 aromatic heterocycles. The number of guanidine groups is 1. The summed E-state index contributed by atoms with van der Waals surface area (Å²) in [5.41, 5.74) is 2.08. The second-order valence-electron chi connectivity index (χ2n) is 7.25. The Hall–Kier alpha value is -2.82. The van der Waals surface area contributed by atoms with Crippen LogP contribution in [0.4, 0.5) is 0 Å². The van der Waals surface area contributed by atoms with Gasteiger partial charge in [0.05, 0.1) is 14.2 Å². The molecule has 0 saturated heterocycles. The lowest BCUT2D eigenvalue weighted by molar-refractivity contribution is 0.374. The molecule has 2 N–H and O–H groups in total. The van der Waals surface area contributed by atoms with Crippen molar-refractivity contribution in [3.05, 3.63) is 60.0 Å². The van der Waals surface area contributed by atoms with Crippen LogP contribution < -0.4 is 20.1 Å². The minimum atomic E-state index is 0. The zero-order valence-corrected chi connectivity index (χ0v) is 21.7. The molecule has 3 rings (SSSR count). The highest BCUT2D eigenvalue weighted by Gasteiger charge is 2.08. The molecule has 0 atom stereocenters. The van der Waals surface area contributed by atoms with Crippen LogP contribution in [0.15, 0.2) is 58.0 Å². The summed E-state index contributed by atoms with van der Waals surface area (Å²) in [4.78, 5) is 8.76. The molecule has 0 radical (unpaired) electrons. The lowest BCUT2D eigenvalue weighted by Crippen LogP contribution is -2.37. The fourth-order valence-electron chi connectivity index (χ4n) is 3.15. The molecule has 8 nitrogen and oxygen atoms in total. The van der Waals surface area contributed by atoms with Crippen molar-refractivity contribution in [1.29, 1.82) is 0 Å². The van der Waals surface area contributed by atoms with Crippen LogP contribution in [-0.4, -0.2) is 43.9 Å². The Morgan fingerprint density at radius 2 is 1.58 bits per heavy atom. The normalized spacial score (nSPS) is 10.9. The van der Waals surface area contributed by atoms with Gasteiger partial charge >= 0.3 is 0 Å². The molecule has 0 spiro atoms. The molecular formula is C24H32IN5O3. The van der Waals surface area contributed by atoms with Gasteiger partial charge in [-0.3, -0.25) is 4.99 Å². The zero-order chi connectivity index (χ0) is 22.6. The van der Waals surface area contributed by atoms with E-state index < -0.39 is 0 Å². The van der Waals surface area contributed by atoms with Gasteiger partial charge in [0, 0.05) is 32.1 Å². The molecule has 3 aromatic rings. The van der Waals surface area contributed by atoms with Crippen molar-refractivity contribution < 1.29 is 14.0 Å². The van der Waals surface area contributed by atoms with E-state index in [0.29, 0.717) is 18.3 Å². The maximum absolute atomic E-state index is 5.38. The number of aliphatic imine (C=N–C) groups is 1. The van der Waals surface area contributed by atoms with Crippen LogP contribution in [0.2, 0.25) is 0 Å². The predicted molar refractivity (Wildman–Crippen MR) is 140 cm³/mol. The number of halogens is 1. The van der Waals surface area contributed by atoms with Crippen molar-refractivity contribution >= 4 is 29.9 Å². The number of hydrogen-bond acceptors (Lipinski definition) is 6. The predicted octanol–water partition coefficient (Wildman–Crippen LogP) is 4.45. The molecular weight excluding hydrogens is 533 g/mol. The Morgan fingerprint density at radius 3 is 2.21 bits per heavy atom. The number of methoxy groups -OCH3 is 2. The smallest absolute Gasteiger partial charge is 0.226 e. The van der Waals surface area contributed by atoms with Crippen molar-refractivity contribution in [3.63, 3.8) is 0 Å². The second-order valence-corrected chi connectivity index (χ2v) is 7.25. The second kappa shape index (κ2) is 14.4. The first kappa shape index (κ1) is 26.4. The summed E-state index contributed by atoms with van der Waals surface area (Å²) in [5.74, 6) is 3.73. The van der Waals surface area contributed by atoms with Crippen molar-refractivity contribution in [2.45, 2.75) is 32.2 Å². The third kappa shape index (κ3) is 8.56. The largest absolute Gasteiger partial charge is 0.497 e. The van der Waals surface area contributed by atoms with E-state index in [2.05, 4.69) is 25.8 Å². The molecule has 0 aliphatic heterocycles. The molecule has 0 unspecified atom stereocenters. The lowest BCUT2D eigenvalue weighted by Gasteiger charge is -2.12. The van der Waals surface area contributed by atoms with Gasteiger partial charge in [0.1, 0.15) is 11.5 Å². The average molecular weight is 565 g/mol. The first-order valence-electron chi connectivity index (χ1n) is 10.8. The van der Waals surface area contributed by atoms with E-state index in [1.807, 2.05) is 48.5 Å². The molecule has 0 fully saturated rings. The fraction of sp³-hybridized carbons (Fsp3) is 0.375. The van der Waals surface area contributed by atoms with Gasteiger partial charge in [-0.1, -0.05) is 23.7 Å². The summed E-state index contributed by atoms with van der Waals surface area (Å²) in [6.07, 6.45) is 3.85. The standard InChI is InChI=1S/C24H31N5O3.HI/c1-25-24(27-17-18-8-12-20(30-2)13-9-18)26-16-6-4-5-7-22-28-23(29-32-22)19-10-14-21(31-3)15-11-19;/h8-15H,4-7,16-17H2,1-3H3,(H2,25,26,27);1H. The Morgan fingerprint density at radius 1 is 0.909 bits per heavy atom. The number of aromatic nitrogens is 2. The van der Waals surface area contributed by atoms with Crippen LogP contribution >= 0.6 is 24.0 Å². The van der Waals surface area contributed by atoms with Crippen LogP contribution in [0.5, 0.6) is 11.5 Å². The molecule has 0 aliphatic rings. The maximum Gasteiger partial charge on any atom is 0.226 e. The number of rotatable bonds is 11. The first-order valence-corrected chi connectivity index (χ1v) is 10.8. The molecule has 0 saturated carbocycles. The molecule has 0 bridgehead atoms. The molecule has 178 valence electrons. The molecule has 9 heteroatoms. The minimum absolute atomic E-state index is 0. The quantitative estimate of drug-likeness (QED) is 0.154. The minimum Gasteiger partial charge on any atom is -0.497 e. The summed E-state index contributed by atoms with van der Waals surface area (Å²) >= 11 is 0. The van der Waals surface area contributed by atoms with Crippen molar-refractivity contribution in [3.8, 4) is 22.9 Å². The van der Waals surface area contributed by atoms with Crippen LogP contribution in [0.1, 0.15) is 30.7 Å². The van der Waals surface area contributed by atoms with Crippen molar-refractivity contribution in [2.24, 2.45) is 4.99 Å². The zero-order valence-electron chi connectivity index (χ0n) is 19.3. The van der Waals surface area contributed by atoms with E-state index in [1.165, 1.54) is 5.56 Å². The van der Waals surface area contributed by atoms with Crippen LogP contribution in [-0.2, 0) is 13.0 Å². The SMILES string of the molecule is CN=C(NCCCCCc1nc(-c2ccc(OC)cc2)no1)NCc1ccc(OC)cc1.I. The number of aryl methyl sites for hydroxylation is 1. The van der Waals surface area contributed by atoms with Gasteiger partial charge in [0.15, 0.2) is 5.96 Å². The number of nitrogens with zero attached hydrogens (tertiary/aromatic N) is 3. The number of nitrogens with one attached hydrogen (secondary N) is 2. The van der Waals surface area contributed by atoms with Gasteiger partial charge in [-0.15, -0.1) is 24.0 Å². The van der Waals surface area contributed by atoms with E-state index in [-0.39, 0.29) is 24.0 Å². The number of ether oxygens (including phenoxy) is 2. The Balaban J connectivity index is 0.00000385. The van der Waals surface area contributed by atoms with Crippen molar-refractivity contribution in [2.75, 3.05) is 27.8 Å². The summed E-state index contributed by atoms with van der Waals surface area (Å²) in [5, 5.41) is 10.7. The van der Waals surface area contributed by atoms with E-state index in [9.17, 15) is 0 Å². The Bertz CT molecular complexity index is 975.